The number of hydrogen-bond donors (Lipinski definition) is 0. The van der Waals surface area contributed by atoms with Crippen molar-refractivity contribution < 1.29 is 4.42 Å². The Hall–Kier alpha value is -5.48. The van der Waals surface area contributed by atoms with E-state index in [1.165, 1.54) is 72.6 Å². The van der Waals surface area contributed by atoms with E-state index in [0.717, 1.165) is 40.8 Å². The molecule has 0 N–H and O–H groups in total. The highest BCUT2D eigenvalue weighted by Crippen LogP contribution is 2.55. The predicted octanol–water partition coefficient (Wildman–Crippen LogP) is 14.4. The molecule has 0 spiro atoms. The molecule has 0 radical (unpaired) electrons. The molecule has 3 aliphatic rings. The summed E-state index contributed by atoms with van der Waals surface area (Å²) in [6.07, 6.45) is 2.28. The minimum Gasteiger partial charge on any atom is -0.468 e. The van der Waals surface area contributed by atoms with Crippen LogP contribution in [-0.2, 0) is 27.1 Å². The summed E-state index contributed by atoms with van der Waals surface area (Å²) >= 11 is 0. The van der Waals surface area contributed by atoms with Crippen molar-refractivity contribution in [3.63, 3.8) is 0 Å². The molecule has 314 valence electrons. The molecule has 6 aromatic carbocycles. The third kappa shape index (κ3) is 6.22. The van der Waals surface area contributed by atoms with E-state index in [-0.39, 0.29) is 33.8 Å². The zero-order valence-electron chi connectivity index (χ0n) is 39.3. The second-order valence-electron chi connectivity index (χ2n) is 22.9. The molecule has 10 rings (SSSR count). The summed E-state index contributed by atoms with van der Waals surface area (Å²) in [7, 11) is 0. The van der Waals surface area contributed by atoms with Crippen molar-refractivity contribution in [3.05, 3.63) is 149 Å². The van der Waals surface area contributed by atoms with Crippen LogP contribution in [-0.4, -0.2) is 6.71 Å². The van der Waals surface area contributed by atoms with Crippen LogP contribution in [0.25, 0.3) is 22.1 Å². The molecule has 3 nitrogen and oxygen atoms in total. The largest absolute Gasteiger partial charge is 0.468 e. The standard InChI is InChI=1S/C58H63BN2O/c1-54(2,3)37-23-26-40(27-24-37)60-46-34-39(56(7,8)9)35-47-50(46)59(44-29-28-43-49(52(44)60)58(12,13)32-31-57(43,10)11)53-51(41-21-17-18-22-48(41)62-53)61(47)45-30-25-38(55(4,5)6)33-42(45)36-19-15-14-16-20-36/h14-30,33-35H,31-32H2,1-13H3. The first-order chi connectivity index (χ1) is 29.1. The van der Waals surface area contributed by atoms with Crippen LogP contribution in [0.15, 0.2) is 126 Å². The predicted molar refractivity (Wildman–Crippen MR) is 267 cm³/mol. The molecule has 4 heteroatoms. The van der Waals surface area contributed by atoms with Crippen LogP contribution in [0.2, 0.25) is 0 Å². The summed E-state index contributed by atoms with van der Waals surface area (Å²) in [6, 6.07) is 46.3. The van der Waals surface area contributed by atoms with Gasteiger partial charge in [-0.1, -0.05) is 163 Å². The van der Waals surface area contributed by atoms with Gasteiger partial charge in [0.05, 0.1) is 17.0 Å². The van der Waals surface area contributed by atoms with Crippen molar-refractivity contribution in [2.75, 3.05) is 9.80 Å². The molecule has 1 aliphatic carbocycles. The van der Waals surface area contributed by atoms with Gasteiger partial charge in [-0.3, -0.25) is 0 Å². The van der Waals surface area contributed by atoms with Gasteiger partial charge in [0.2, 0.25) is 0 Å². The number of benzene rings is 6. The molecule has 1 aromatic heterocycles. The number of nitrogens with zero attached hydrogens (tertiary/aromatic N) is 2. The Balaban J connectivity index is 1.38. The molecule has 0 saturated heterocycles. The summed E-state index contributed by atoms with van der Waals surface area (Å²) in [5, 5.41) is 1.14. The Bertz CT molecular complexity index is 2910. The Morgan fingerprint density at radius 3 is 1.79 bits per heavy atom. The molecule has 0 saturated carbocycles. The van der Waals surface area contributed by atoms with E-state index in [2.05, 4.69) is 221 Å². The fourth-order valence-corrected chi connectivity index (χ4v) is 10.8. The lowest BCUT2D eigenvalue weighted by Gasteiger charge is -2.49. The maximum Gasteiger partial charge on any atom is 0.297 e. The van der Waals surface area contributed by atoms with Gasteiger partial charge in [-0.05, 0) is 133 Å². The van der Waals surface area contributed by atoms with Crippen LogP contribution in [0.3, 0.4) is 0 Å². The van der Waals surface area contributed by atoms with Crippen molar-refractivity contribution in [2.45, 2.75) is 130 Å². The maximum absolute atomic E-state index is 7.34. The normalized spacial score (nSPS) is 16.5. The summed E-state index contributed by atoms with van der Waals surface area (Å²) in [5.74, 6) is 0. The molecule has 0 unspecified atom stereocenters. The van der Waals surface area contributed by atoms with E-state index in [1.54, 1.807) is 0 Å². The third-order valence-corrected chi connectivity index (χ3v) is 14.6. The number of rotatable bonds is 3. The molecule has 0 fully saturated rings. The summed E-state index contributed by atoms with van der Waals surface area (Å²) in [6.45, 7) is 30.7. The molecule has 3 heterocycles. The summed E-state index contributed by atoms with van der Waals surface area (Å²) < 4.78 is 7.34. The topological polar surface area (TPSA) is 19.6 Å². The van der Waals surface area contributed by atoms with Crippen LogP contribution >= 0.6 is 0 Å². The van der Waals surface area contributed by atoms with Gasteiger partial charge in [0, 0.05) is 33.7 Å². The average Bonchev–Trinajstić information content (AvgIpc) is 3.60. The smallest absolute Gasteiger partial charge is 0.297 e. The van der Waals surface area contributed by atoms with Gasteiger partial charge in [-0.2, -0.15) is 0 Å². The van der Waals surface area contributed by atoms with E-state index >= 15 is 0 Å². The van der Waals surface area contributed by atoms with Crippen LogP contribution in [0.5, 0.6) is 0 Å². The van der Waals surface area contributed by atoms with Crippen molar-refractivity contribution >= 4 is 68.4 Å². The van der Waals surface area contributed by atoms with Gasteiger partial charge in [-0.15, -0.1) is 0 Å². The lowest BCUT2D eigenvalue weighted by Crippen LogP contribution is -2.61. The number of hydrogen-bond acceptors (Lipinski definition) is 3. The van der Waals surface area contributed by atoms with Crippen molar-refractivity contribution in [1.82, 2.24) is 0 Å². The minimum atomic E-state index is -0.136. The maximum atomic E-state index is 7.34. The molecule has 7 aromatic rings. The molecular weight excluding hydrogens is 751 g/mol. The number of fused-ring (bicyclic) bond motifs is 8. The van der Waals surface area contributed by atoms with Crippen LogP contribution in [0.4, 0.5) is 34.1 Å². The number of para-hydroxylation sites is 1. The van der Waals surface area contributed by atoms with Gasteiger partial charge in [0.15, 0.2) is 0 Å². The average molecular weight is 815 g/mol. The van der Waals surface area contributed by atoms with Crippen LogP contribution in [0.1, 0.15) is 131 Å². The molecule has 2 aliphatic heterocycles. The SMILES string of the molecule is CC(C)(C)c1ccc(N2c3cc(C(C)(C)C)cc4c3B(c3ccc5c(c32)C(C)(C)CCC5(C)C)c2oc3ccccc3c2N4c2ccc(C(C)(C)C)cc2-c2ccccc2)cc1. The molecule has 0 amide bonds. The quantitative estimate of drug-likeness (QED) is 0.166. The van der Waals surface area contributed by atoms with Crippen molar-refractivity contribution in [3.8, 4) is 11.1 Å². The van der Waals surface area contributed by atoms with Crippen LogP contribution < -0.4 is 26.4 Å². The van der Waals surface area contributed by atoms with E-state index in [9.17, 15) is 0 Å². The first kappa shape index (κ1) is 40.6. The highest BCUT2D eigenvalue weighted by Gasteiger charge is 2.51. The molecule has 0 bridgehead atoms. The fourth-order valence-electron chi connectivity index (χ4n) is 10.8. The molecule has 0 atom stereocenters. The molecule has 62 heavy (non-hydrogen) atoms. The zero-order valence-corrected chi connectivity index (χ0v) is 39.3. The Morgan fingerprint density at radius 2 is 1.13 bits per heavy atom. The summed E-state index contributed by atoms with van der Waals surface area (Å²) in [4.78, 5) is 5.25. The lowest BCUT2D eigenvalue weighted by molar-refractivity contribution is 0.333. The van der Waals surface area contributed by atoms with Gasteiger partial charge in [0.25, 0.3) is 6.71 Å². The number of furan rings is 1. The Labute approximate surface area is 371 Å². The van der Waals surface area contributed by atoms with E-state index < -0.39 is 0 Å². The zero-order chi connectivity index (χ0) is 43.9. The molecular formula is C58H63BN2O. The van der Waals surface area contributed by atoms with Crippen molar-refractivity contribution in [2.24, 2.45) is 0 Å². The lowest BCUT2D eigenvalue weighted by atomic mass is 9.35. The van der Waals surface area contributed by atoms with Gasteiger partial charge in [-0.25, -0.2) is 0 Å². The van der Waals surface area contributed by atoms with Gasteiger partial charge < -0.3 is 14.2 Å². The second kappa shape index (κ2) is 13.5. The Kier molecular flexibility index (Phi) is 8.85. The summed E-state index contributed by atoms with van der Waals surface area (Å²) in [5.41, 5.74) is 21.0. The number of anilines is 6. The highest BCUT2D eigenvalue weighted by molar-refractivity contribution is 7.00. The highest BCUT2D eigenvalue weighted by atomic mass is 16.3. The van der Waals surface area contributed by atoms with E-state index in [1.807, 2.05) is 0 Å². The van der Waals surface area contributed by atoms with Crippen molar-refractivity contribution in [1.29, 1.82) is 0 Å². The fraction of sp³-hybridized carbons (Fsp3) is 0.345. The second-order valence-corrected chi connectivity index (χ2v) is 22.9. The van der Waals surface area contributed by atoms with E-state index in [4.69, 9.17) is 4.42 Å². The van der Waals surface area contributed by atoms with Gasteiger partial charge >= 0.3 is 0 Å². The van der Waals surface area contributed by atoms with Crippen LogP contribution in [0, 0.1) is 0 Å². The first-order valence-electron chi connectivity index (χ1n) is 22.9. The monoisotopic (exact) mass is 815 g/mol. The Morgan fingerprint density at radius 1 is 0.532 bits per heavy atom. The first-order valence-corrected chi connectivity index (χ1v) is 22.9. The minimum absolute atomic E-state index is 0.0257. The van der Waals surface area contributed by atoms with Gasteiger partial charge in [0.1, 0.15) is 5.58 Å². The third-order valence-electron chi connectivity index (χ3n) is 14.6. The van der Waals surface area contributed by atoms with E-state index in [0.29, 0.717) is 0 Å².